The topological polar surface area (TPSA) is 60.4 Å². The number of ether oxygens (including phenoxy) is 1. The summed E-state index contributed by atoms with van der Waals surface area (Å²) in [5, 5.41) is 0.374. The molecule has 0 heterocycles. The van der Waals surface area contributed by atoms with Crippen LogP contribution in [-0.4, -0.2) is 29.2 Å². The van der Waals surface area contributed by atoms with Gasteiger partial charge >= 0.3 is 5.97 Å². The first-order valence-corrected chi connectivity index (χ1v) is 11.6. The summed E-state index contributed by atoms with van der Waals surface area (Å²) in [5.41, 5.74) is 1.30. The third-order valence-electron chi connectivity index (χ3n) is 8.76. The van der Waals surface area contributed by atoms with E-state index in [9.17, 15) is 14.4 Å². The van der Waals surface area contributed by atoms with E-state index in [0.29, 0.717) is 24.2 Å². The van der Waals surface area contributed by atoms with E-state index in [1.165, 1.54) is 24.4 Å². The molecule has 154 valence electrons. The maximum atomic E-state index is 12.5. The van der Waals surface area contributed by atoms with Crippen molar-refractivity contribution in [3.63, 3.8) is 0 Å². The van der Waals surface area contributed by atoms with Crippen LogP contribution in [0.3, 0.4) is 0 Å². The van der Waals surface area contributed by atoms with E-state index < -0.39 is 0 Å². The van der Waals surface area contributed by atoms with E-state index in [0.717, 1.165) is 38.5 Å². The van der Waals surface area contributed by atoms with Crippen LogP contribution in [0.25, 0.3) is 0 Å². The predicted octanol–water partition coefficient (Wildman–Crippen LogP) is 4.57. The lowest BCUT2D eigenvalue weighted by molar-refractivity contribution is -0.152. The second kappa shape index (κ2) is 7.00. The molecule has 0 aromatic carbocycles. The number of allylic oxidation sites excluding steroid dienone is 1. The van der Waals surface area contributed by atoms with Crippen molar-refractivity contribution >= 4 is 28.6 Å². The summed E-state index contributed by atoms with van der Waals surface area (Å²) in [6.45, 7) is 6.30. The second-order valence-electron chi connectivity index (χ2n) is 9.89. The number of hydrogen-bond acceptors (Lipinski definition) is 5. The summed E-state index contributed by atoms with van der Waals surface area (Å²) in [6.07, 6.45) is 8.35. The van der Waals surface area contributed by atoms with Crippen molar-refractivity contribution < 1.29 is 19.1 Å². The van der Waals surface area contributed by atoms with Gasteiger partial charge in [-0.3, -0.25) is 14.4 Å². The van der Waals surface area contributed by atoms with E-state index >= 15 is 0 Å². The van der Waals surface area contributed by atoms with Gasteiger partial charge in [0.05, 0.1) is 13.0 Å². The molecule has 0 amide bonds. The Kier molecular flexibility index (Phi) is 5.05. The van der Waals surface area contributed by atoms with Crippen LogP contribution in [0.1, 0.15) is 65.7 Å². The van der Waals surface area contributed by atoms with Gasteiger partial charge in [-0.1, -0.05) is 31.2 Å². The Morgan fingerprint density at radius 2 is 1.89 bits per heavy atom. The van der Waals surface area contributed by atoms with Gasteiger partial charge in [0.2, 0.25) is 0 Å². The van der Waals surface area contributed by atoms with Crippen LogP contribution in [0.15, 0.2) is 11.6 Å². The Morgan fingerprint density at radius 3 is 2.57 bits per heavy atom. The zero-order valence-corrected chi connectivity index (χ0v) is 18.3. The van der Waals surface area contributed by atoms with Crippen molar-refractivity contribution in [2.24, 2.45) is 34.5 Å². The molecule has 4 nitrogen and oxygen atoms in total. The van der Waals surface area contributed by atoms with E-state index in [1.807, 2.05) is 6.08 Å². The van der Waals surface area contributed by atoms with Gasteiger partial charge < -0.3 is 4.74 Å². The third-order valence-corrected chi connectivity index (χ3v) is 9.88. The Labute approximate surface area is 172 Å². The molecule has 3 fully saturated rings. The Balaban J connectivity index is 1.74. The number of esters is 1. The Bertz CT molecular complexity index is 743. The lowest BCUT2D eigenvalue weighted by Gasteiger charge is -2.60. The minimum atomic E-state index is -0.0647. The molecule has 0 aromatic heterocycles. The average molecular weight is 405 g/mol. The van der Waals surface area contributed by atoms with Crippen molar-refractivity contribution in [2.45, 2.75) is 71.0 Å². The zero-order valence-electron chi connectivity index (χ0n) is 17.5. The number of rotatable bonds is 2. The standard InChI is InChI=1S/C23H32O4S/c1-13(24)28-19-12-14-11-15(25)7-9-22(14,2)17-8-10-23(3)16(20(17)19)5-6-18(23)21(26)27-4/h11,16-20H,5-10,12H2,1-4H3/t16-,17-,18+,19?,20-,22-,23-/m0/s1. The molecule has 0 N–H and O–H groups in total. The molecule has 1 unspecified atom stereocenters. The van der Waals surface area contributed by atoms with E-state index in [2.05, 4.69) is 13.8 Å². The van der Waals surface area contributed by atoms with Gasteiger partial charge in [-0.05, 0) is 73.2 Å². The van der Waals surface area contributed by atoms with E-state index in [-0.39, 0.29) is 38.9 Å². The fourth-order valence-corrected chi connectivity index (χ4v) is 8.59. The number of fused-ring (bicyclic) bond motifs is 5. The number of hydrogen-bond donors (Lipinski definition) is 0. The third kappa shape index (κ3) is 2.91. The SMILES string of the molecule is COC(=O)[C@H]1CC[C@H]2[C@@H]3C(SC(C)=O)CC4=CC(=O)CC[C@]4(C)[C@H]3CC[C@]12C. The van der Waals surface area contributed by atoms with E-state index in [1.54, 1.807) is 6.92 Å². The van der Waals surface area contributed by atoms with Crippen LogP contribution < -0.4 is 0 Å². The molecule has 0 aromatic rings. The molecule has 28 heavy (non-hydrogen) atoms. The highest BCUT2D eigenvalue weighted by Gasteiger charge is 2.62. The first-order valence-electron chi connectivity index (χ1n) is 10.7. The number of methoxy groups -OCH3 is 1. The minimum absolute atomic E-state index is 0.0240. The van der Waals surface area contributed by atoms with Crippen LogP contribution in [0.5, 0.6) is 0 Å². The van der Waals surface area contributed by atoms with Crippen LogP contribution in [0.2, 0.25) is 0 Å². The van der Waals surface area contributed by atoms with Crippen LogP contribution in [0, 0.1) is 34.5 Å². The monoisotopic (exact) mass is 404 g/mol. The van der Waals surface area contributed by atoms with Crippen LogP contribution >= 0.6 is 11.8 Å². The lowest BCUT2D eigenvalue weighted by Crippen LogP contribution is -2.55. The molecule has 4 aliphatic rings. The van der Waals surface area contributed by atoms with Gasteiger partial charge in [-0.25, -0.2) is 0 Å². The first kappa shape index (κ1) is 20.2. The molecular weight excluding hydrogens is 372 g/mol. The van der Waals surface area contributed by atoms with Crippen molar-refractivity contribution in [2.75, 3.05) is 7.11 Å². The fourth-order valence-electron chi connectivity index (χ4n) is 7.36. The summed E-state index contributed by atoms with van der Waals surface area (Å²) in [6, 6.07) is 0. The molecule has 0 radical (unpaired) electrons. The highest BCUT2D eigenvalue weighted by molar-refractivity contribution is 8.14. The second-order valence-corrected chi connectivity index (χ2v) is 11.3. The van der Waals surface area contributed by atoms with Gasteiger partial charge in [0.25, 0.3) is 0 Å². The molecule has 0 aliphatic heterocycles. The normalized spacial score (nSPS) is 44.8. The molecule has 5 heteroatoms. The average Bonchev–Trinajstić information content (AvgIpc) is 2.99. The Morgan fingerprint density at radius 1 is 1.14 bits per heavy atom. The number of thioether (sulfide) groups is 1. The predicted molar refractivity (Wildman–Crippen MR) is 110 cm³/mol. The molecule has 4 aliphatic carbocycles. The van der Waals surface area contributed by atoms with E-state index in [4.69, 9.17) is 4.74 Å². The Hall–Kier alpha value is -1.10. The molecule has 0 saturated heterocycles. The number of carbonyl (C=O) groups excluding carboxylic acids is 3. The maximum Gasteiger partial charge on any atom is 0.309 e. The smallest absolute Gasteiger partial charge is 0.309 e. The maximum absolute atomic E-state index is 12.5. The molecule has 0 bridgehead atoms. The summed E-state index contributed by atoms with van der Waals surface area (Å²) >= 11 is 1.47. The molecule has 4 rings (SSSR count). The first-order chi connectivity index (χ1) is 13.2. The number of carbonyl (C=O) groups is 3. The van der Waals surface area contributed by atoms with Gasteiger partial charge in [0.15, 0.2) is 10.9 Å². The largest absolute Gasteiger partial charge is 0.469 e. The summed E-state index contributed by atoms with van der Waals surface area (Å²) in [4.78, 5) is 36.7. The molecule has 0 spiro atoms. The van der Waals surface area contributed by atoms with Gasteiger partial charge in [0.1, 0.15) is 0 Å². The van der Waals surface area contributed by atoms with Crippen molar-refractivity contribution in [3.8, 4) is 0 Å². The molecule has 7 atom stereocenters. The minimum Gasteiger partial charge on any atom is -0.469 e. The summed E-state index contributed by atoms with van der Waals surface area (Å²) in [7, 11) is 1.50. The van der Waals surface area contributed by atoms with Crippen molar-refractivity contribution in [1.82, 2.24) is 0 Å². The number of ketones is 1. The molecule has 3 saturated carbocycles. The van der Waals surface area contributed by atoms with Crippen molar-refractivity contribution in [3.05, 3.63) is 11.6 Å². The van der Waals surface area contributed by atoms with Gasteiger partial charge in [0, 0.05) is 18.6 Å². The lowest BCUT2D eigenvalue weighted by atomic mass is 9.46. The highest BCUT2D eigenvalue weighted by Crippen LogP contribution is 2.68. The van der Waals surface area contributed by atoms with Crippen molar-refractivity contribution in [1.29, 1.82) is 0 Å². The quantitative estimate of drug-likeness (QED) is 0.631. The van der Waals surface area contributed by atoms with Crippen LogP contribution in [0.4, 0.5) is 0 Å². The van der Waals surface area contributed by atoms with Gasteiger partial charge in [-0.2, -0.15) is 0 Å². The highest BCUT2D eigenvalue weighted by atomic mass is 32.2. The van der Waals surface area contributed by atoms with Crippen LogP contribution in [-0.2, 0) is 19.1 Å². The van der Waals surface area contributed by atoms with Gasteiger partial charge in [-0.15, -0.1) is 0 Å². The fraction of sp³-hybridized carbons (Fsp3) is 0.783. The zero-order chi connectivity index (χ0) is 20.3. The summed E-state index contributed by atoms with van der Waals surface area (Å²) < 4.78 is 5.15. The summed E-state index contributed by atoms with van der Waals surface area (Å²) in [5.74, 6) is 1.52. The molecular formula is C23H32O4S.